The molecule has 0 bridgehead atoms. The summed E-state index contributed by atoms with van der Waals surface area (Å²) in [5.41, 5.74) is 5.81. The molecule has 0 spiro atoms. The third-order valence-electron chi connectivity index (χ3n) is 12.4. The number of aliphatic hydroxyl groups is 2. The summed E-state index contributed by atoms with van der Waals surface area (Å²) in [4.78, 5) is 55.1. The summed E-state index contributed by atoms with van der Waals surface area (Å²) in [6, 6.07) is 49.6. The van der Waals surface area contributed by atoms with E-state index in [1.807, 2.05) is 115 Å². The van der Waals surface area contributed by atoms with Gasteiger partial charge in [0.1, 0.15) is 18.6 Å². The second-order valence-corrected chi connectivity index (χ2v) is 24.2. The van der Waals surface area contributed by atoms with Crippen LogP contribution in [0.3, 0.4) is 0 Å². The number of rotatable bonds is 26. The molecule has 0 aromatic heterocycles. The average molecular weight is 1320 g/mol. The normalized spacial score (nSPS) is 16.7. The maximum absolute atomic E-state index is 11.6. The summed E-state index contributed by atoms with van der Waals surface area (Å²) >= 11 is 9.53. The molecule has 0 amide bonds. The maximum atomic E-state index is 11.6. The Labute approximate surface area is 535 Å². The highest BCUT2D eigenvalue weighted by Crippen LogP contribution is 2.25. The number of ether oxygens (including phenoxy) is 6. The van der Waals surface area contributed by atoms with Gasteiger partial charge in [-0.05, 0) is 87.1 Å². The first kappa shape index (κ1) is 78.8. The Bertz CT molecular complexity index is 2910. The standard InChI is InChI=1S/C14H16O4.C13H20O6S2.C11H12O2.C11H16O2.C9H10O.C7H12O4.CH2Cl2/c1-2-17-13(15)12-9-11(18-14(12)16)8-10-6-4-3-5-7-10;1-20(14,15)18-10-6-9-13(19-21(2,16)17)11-12-7-4-3-5-8-12;12-11-7-6-10(13-11)8-9-4-2-1-3-5-9;12-8-4-7-11(13)9-10-5-2-1-3-6-10;1-2-4-8(5-3-1)6-9-7-10-9;1-3-10-6(8)5-7(9)11-4-2;2-1-3/h3-7,11-12H,2,8-9H2,1H3;3-5,7-8,13H,6,9-11H2,1-2H3;1-5,10H,6-8H2;1-3,5-6,11-13H,4,7-9H2;1-5,9H,6-7H2;3-5H2,1-2H3;1H2/t11-,12?;13-;10-;11-;9-;;/m01110../s1. The van der Waals surface area contributed by atoms with Gasteiger partial charge >= 0.3 is 29.8 Å². The zero-order valence-electron chi connectivity index (χ0n) is 51.4. The van der Waals surface area contributed by atoms with Gasteiger partial charge in [0, 0.05) is 45.1 Å². The summed E-state index contributed by atoms with van der Waals surface area (Å²) in [7, 11) is -7.04. The third kappa shape index (κ3) is 41.6. The highest BCUT2D eigenvalue weighted by molar-refractivity contribution is 7.86. The predicted molar refractivity (Wildman–Crippen MR) is 341 cm³/mol. The van der Waals surface area contributed by atoms with Crippen LogP contribution in [0.4, 0.5) is 0 Å². The number of aliphatic hydroxyl groups excluding tert-OH is 2. The van der Waals surface area contributed by atoms with Gasteiger partial charge in [0.15, 0.2) is 5.92 Å². The summed E-state index contributed by atoms with van der Waals surface area (Å²) < 4.78 is 83.2. The summed E-state index contributed by atoms with van der Waals surface area (Å²) in [6.45, 7) is 7.08. The second kappa shape index (κ2) is 46.8. The van der Waals surface area contributed by atoms with Gasteiger partial charge in [-0.15, -0.1) is 23.2 Å². The minimum Gasteiger partial charge on any atom is -0.466 e. The molecule has 0 saturated carbocycles. The molecule has 492 valence electrons. The number of epoxide rings is 1. The van der Waals surface area contributed by atoms with Crippen molar-refractivity contribution < 1.29 is 87.8 Å². The highest BCUT2D eigenvalue weighted by Gasteiger charge is 2.40. The SMILES string of the molecule is CCOC(=O)C1C[C@H](Cc2ccccc2)OC1=O.CCOC(=O)CC(=O)OCC.CS(=O)(=O)OCCC[C@H](Cc1ccccc1)OS(C)(=O)=O.ClCCl.O=C1CC[C@H](Cc2ccccc2)O1.OCCC[C@@H](O)Cc1ccccc1.c1ccc(C[C@H]2CO2)cc1. The van der Waals surface area contributed by atoms with Crippen molar-refractivity contribution in [2.24, 2.45) is 5.92 Å². The number of carbonyl (C=O) groups is 5. The van der Waals surface area contributed by atoms with Crippen LogP contribution >= 0.6 is 23.2 Å². The molecule has 2 N–H and O–H groups in total. The smallest absolute Gasteiger partial charge is 0.320 e. The lowest BCUT2D eigenvalue weighted by Gasteiger charge is -2.16. The second-order valence-electron chi connectivity index (χ2n) is 20.2. The lowest BCUT2D eigenvalue weighted by molar-refractivity contribution is -0.157. The molecule has 6 atom stereocenters. The van der Waals surface area contributed by atoms with Crippen LogP contribution < -0.4 is 0 Å². The number of hydrogen-bond donors (Lipinski definition) is 2. The molecule has 3 fully saturated rings. The number of cyclic esters (lactones) is 2. The van der Waals surface area contributed by atoms with E-state index in [-0.39, 0.29) is 69.1 Å². The molecule has 0 aliphatic carbocycles. The van der Waals surface area contributed by atoms with Crippen molar-refractivity contribution in [3.05, 3.63) is 179 Å². The topological polar surface area (TPSA) is 271 Å². The Morgan fingerprint density at radius 2 is 1.01 bits per heavy atom. The van der Waals surface area contributed by atoms with Gasteiger partial charge in [0.2, 0.25) is 0 Å². The zero-order chi connectivity index (χ0) is 65.7. The van der Waals surface area contributed by atoms with Crippen molar-refractivity contribution in [3.63, 3.8) is 0 Å². The van der Waals surface area contributed by atoms with Crippen LogP contribution in [0.15, 0.2) is 152 Å². The van der Waals surface area contributed by atoms with E-state index < -0.39 is 56.1 Å². The van der Waals surface area contributed by atoms with Crippen LogP contribution in [-0.2, 0) is 113 Å². The average Bonchev–Trinajstić information content (AvgIpc) is 3.46. The third-order valence-corrected chi connectivity index (χ3v) is 13.6. The molecule has 89 heavy (non-hydrogen) atoms. The molecule has 5 aromatic rings. The van der Waals surface area contributed by atoms with Gasteiger partial charge in [-0.1, -0.05) is 152 Å². The fraction of sp³-hybridized carbons (Fsp3) is 0.470. The molecule has 19 nitrogen and oxygen atoms in total. The van der Waals surface area contributed by atoms with Crippen molar-refractivity contribution >= 4 is 73.3 Å². The number of benzene rings is 5. The van der Waals surface area contributed by atoms with Crippen LogP contribution in [0.5, 0.6) is 0 Å². The van der Waals surface area contributed by atoms with Crippen LogP contribution in [0, 0.1) is 5.92 Å². The zero-order valence-corrected chi connectivity index (χ0v) is 54.6. The first-order valence-electron chi connectivity index (χ1n) is 29.4. The van der Waals surface area contributed by atoms with Crippen LogP contribution in [0.25, 0.3) is 0 Å². The van der Waals surface area contributed by atoms with Gasteiger partial charge < -0.3 is 38.6 Å². The minimum atomic E-state index is -3.57. The quantitative estimate of drug-likeness (QED) is 0.00991. The molecule has 5 aromatic carbocycles. The van der Waals surface area contributed by atoms with Crippen molar-refractivity contribution in [2.75, 3.05) is 57.5 Å². The van der Waals surface area contributed by atoms with Gasteiger partial charge in [-0.25, -0.2) is 0 Å². The summed E-state index contributed by atoms with van der Waals surface area (Å²) in [5.74, 6) is -2.82. The number of halogens is 2. The van der Waals surface area contributed by atoms with Gasteiger partial charge in [0.25, 0.3) is 20.2 Å². The van der Waals surface area contributed by atoms with Crippen molar-refractivity contribution in [2.45, 2.75) is 135 Å². The lowest BCUT2D eigenvalue weighted by Crippen LogP contribution is -2.21. The Morgan fingerprint density at radius 3 is 1.40 bits per heavy atom. The molecule has 0 radical (unpaired) electrons. The van der Waals surface area contributed by atoms with E-state index in [2.05, 4.69) is 50.1 Å². The number of esters is 5. The minimum absolute atomic E-state index is 0.0112. The van der Waals surface area contributed by atoms with Crippen molar-refractivity contribution in [1.82, 2.24) is 0 Å². The molecule has 23 heteroatoms. The molecule has 3 saturated heterocycles. The monoisotopic (exact) mass is 1320 g/mol. The Balaban J connectivity index is 0.000000367. The fourth-order valence-corrected chi connectivity index (χ4v) is 9.52. The highest BCUT2D eigenvalue weighted by atomic mass is 35.5. The maximum Gasteiger partial charge on any atom is 0.320 e. The lowest BCUT2D eigenvalue weighted by atomic mass is 10.0. The van der Waals surface area contributed by atoms with E-state index >= 15 is 0 Å². The van der Waals surface area contributed by atoms with Gasteiger partial charge in [-0.2, -0.15) is 16.8 Å². The van der Waals surface area contributed by atoms with E-state index in [9.17, 15) is 45.9 Å². The number of carbonyl (C=O) groups excluding carboxylic acids is 5. The van der Waals surface area contributed by atoms with Gasteiger partial charge in [-0.3, -0.25) is 32.3 Å². The molecule has 1 unspecified atom stereocenters. The molecular formula is C66H88Cl2O19S2. The Hall–Kier alpha value is -6.27. The van der Waals surface area contributed by atoms with Crippen LogP contribution in [0.1, 0.15) is 100.0 Å². The number of hydrogen-bond acceptors (Lipinski definition) is 19. The fourth-order valence-electron chi connectivity index (χ4n) is 8.44. The van der Waals surface area contributed by atoms with Crippen LogP contribution in [-0.4, -0.2) is 145 Å². The molecule has 3 aliphatic heterocycles. The van der Waals surface area contributed by atoms with E-state index in [0.717, 1.165) is 55.1 Å². The Kier molecular flexibility index (Phi) is 41.4. The van der Waals surface area contributed by atoms with E-state index in [0.29, 0.717) is 63.9 Å². The molecule has 3 aliphatic rings. The van der Waals surface area contributed by atoms with Gasteiger partial charge in [0.05, 0.1) is 69.2 Å². The molecule has 3 heterocycles. The van der Waals surface area contributed by atoms with Crippen molar-refractivity contribution in [3.8, 4) is 0 Å². The largest absolute Gasteiger partial charge is 0.466 e. The first-order chi connectivity index (χ1) is 42.6. The summed E-state index contributed by atoms with van der Waals surface area (Å²) in [5, 5.41) is 18.3. The van der Waals surface area contributed by atoms with E-state index in [1.54, 1.807) is 20.8 Å². The molecular weight excluding hydrogens is 1230 g/mol. The first-order valence-corrected chi connectivity index (χ1v) is 34.1. The number of alkyl halides is 2. The predicted octanol–water partition coefficient (Wildman–Crippen LogP) is 9.90. The van der Waals surface area contributed by atoms with E-state index in [1.165, 1.54) is 11.1 Å². The Morgan fingerprint density at radius 1 is 0.584 bits per heavy atom. The van der Waals surface area contributed by atoms with Crippen LogP contribution in [0.2, 0.25) is 0 Å². The van der Waals surface area contributed by atoms with E-state index in [4.69, 9.17) is 51.4 Å². The molecule has 8 rings (SSSR count). The summed E-state index contributed by atoms with van der Waals surface area (Å²) in [6.07, 6.45) is 8.89. The van der Waals surface area contributed by atoms with Crippen molar-refractivity contribution in [1.29, 1.82) is 0 Å².